The van der Waals surface area contributed by atoms with Crippen LogP contribution in [-0.2, 0) is 12.6 Å². The number of carbonyl (C=O) groups is 1. The van der Waals surface area contributed by atoms with Crippen LogP contribution in [0.5, 0.6) is 0 Å². The number of amides is 1. The van der Waals surface area contributed by atoms with Crippen molar-refractivity contribution in [2.24, 2.45) is 0 Å². The summed E-state index contributed by atoms with van der Waals surface area (Å²) in [4.78, 5) is 16.6. The molecule has 1 amide bonds. The van der Waals surface area contributed by atoms with Crippen LogP contribution in [0.1, 0.15) is 27.2 Å². The Labute approximate surface area is 181 Å². The standard InChI is InChI=1S/C24H19F3N2O3/c25-24(26,27)17-4-1-3-15(11-17)12-18-14-20-19(5-2-6-22(20)32-18)21-13-16(7-8-28-21)23(31)29-9-10-30/h1-8,11,13-14,30H,9-10,12H2,(H,29,31). The average Bonchev–Trinajstić information content (AvgIpc) is 3.19. The summed E-state index contributed by atoms with van der Waals surface area (Å²) in [5, 5.41) is 12.2. The first-order chi connectivity index (χ1) is 15.3. The Morgan fingerprint density at radius 3 is 2.66 bits per heavy atom. The molecular weight excluding hydrogens is 421 g/mol. The Bertz CT molecular complexity index is 1260. The Morgan fingerprint density at radius 1 is 1.06 bits per heavy atom. The number of aromatic nitrogens is 1. The third-order valence-corrected chi connectivity index (χ3v) is 4.94. The van der Waals surface area contributed by atoms with E-state index in [4.69, 9.17) is 9.52 Å². The van der Waals surface area contributed by atoms with Gasteiger partial charge in [-0.25, -0.2) is 0 Å². The van der Waals surface area contributed by atoms with Gasteiger partial charge in [-0.2, -0.15) is 13.2 Å². The normalized spacial score (nSPS) is 11.6. The Morgan fingerprint density at radius 2 is 1.88 bits per heavy atom. The van der Waals surface area contributed by atoms with Gasteiger partial charge in [-0.1, -0.05) is 30.3 Å². The zero-order valence-corrected chi connectivity index (χ0v) is 16.8. The lowest BCUT2D eigenvalue weighted by molar-refractivity contribution is -0.137. The Balaban J connectivity index is 1.66. The van der Waals surface area contributed by atoms with Crippen LogP contribution in [0, 0.1) is 0 Å². The molecule has 164 valence electrons. The molecule has 2 heterocycles. The molecule has 4 aromatic rings. The van der Waals surface area contributed by atoms with Crippen LogP contribution >= 0.6 is 0 Å². The summed E-state index contributed by atoms with van der Waals surface area (Å²) in [5.74, 6) is 0.191. The van der Waals surface area contributed by atoms with Gasteiger partial charge in [0.1, 0.15) is 11.3 Å². The van der Waals surface area contributed by atoms with Gasteiger partial charge in [0, 0.05) is 35.7 Å². The molecule has 32 heavy (non-hydrogen) atoms. The smallest absolute Gasteiger partial charge is 0.416 e. The molecule has 0 aliphatic rings. The molecule has 0 radical (unpaired) electrons. The van der Waals surface area contributed by atoms with E-state index in [2.05, 4.69) is 10.3 Å². The lowest BCUT2D eigenvalue weighted by Crippen LogP contribution is -2.26. The van der Waals surface area contributed by atoms with Crippen molar-refractivity contribution in [2.45, 2.75) is 12.6 Å². The minimum absolute atomic E-state index is 0.146. The number of alkyl halides is 3. The van der Waals surface area contributed by atoms with E-state index in [0.29, 0.717) is 28.2 Å². The van der Waals surface area contributed by atoms with Gasteiger partial charge in [-0.3, -0.25) is 9.78 Å². The zero-order chi connectivity index (χ0) is 22.7. The molecular formula is C24H19F3N2O3. The molecule has 2 aromatic heterocycles. The molecule has 0 fully saturated rings. The minimum Gasteiger partial charge on any atom is -0.461 e. The predicted octanol–water partition coefficient (Wildman–Crippen LogP) is 4.83. The highest BCUT2D eigenvalue weighted by atomic mass is 19.4. The van der Waals surface area contributed by atoms with Gasteiger partial charge in [-0.05, 0) is 35.9 Å². The van der Waals surface area contributed by atoms with Gasteiger partial charge in [0.2, 0.25) is 0 Å². The summed E-state index contributed by atoms with van der Waals surface area (Å²) in [6, 6.07) is 15.5. The molecule has 0 spiro atoms. The number of halogens is 3. The first kappa shape index (κ1) is 21.6. The second kappa shape index (κ2) is 8.84. The second-order valence-electron chi connectivity index (χ2n) is 7.21. The number of hydrogen-bond donors (Lipinski definition) is 2. The lowest BCUT2D eigenvalue weighted by Gasteiger charge is -2.07. The molecule has 0 aliphatic heterocycles. The van der Waals surface area contributed by atoms with Crippen LogP contribution in [-0.4, -0.2) is 29.1 Å². The van der Waals surface area contributed by atoms with Gasteiger partial charge < -0.3 is 14.8 Å². The number of aliphatic hydroxyl groups is 1. The fourth-order valence-electron chi connectivity index (χ4n) is 3.47. The number of nitrogens with one attached hydrogen (secondary N) is 1. The molecule has 0 saturated heterocycles. The third kappa shape index (κ3) is 4.65. The van der Waals surface area contributed by atoms with Gasteiger partial charge in [-0.15, -0.1) is 0 Å². The van der Waals surface area contributed by atoms with Crippen LogP contribution in [0.4, 0.5) is 13.2 Å². The number of carbonyl (C=O) groups excluding carboxylic acids is 1. The first-order valence-corrected chi connectivity index (χ1v) is 9.88. The van der Waals surface area contributed by atoms with E-state index < -0.39 is 11.7 Å². The van der Waals surface area contributed by atoms with Crippen molar-refractivity contribution in [3.63, 3.8) is 0 Å². The number of furan rings is 1. The van der Waals surface area contributed by atoms with Crippen LogP contribution in [0.2, 0.25) is 0 Å². The van der Waals surface area contributed by atoms with Crippen LogP contribution < -0.4 is 5.32 Å². The number of pyridine rings is 1. The number of aliphatic hydroxyl groups excluding tert-OH is 1. The highest BCUT2D eigenvalue weighted by Crippen LogP contribution is 2.33. The van der Waals surface area contributed by atoms with Crippen molar-refractivity contribution in [3.8, 4) is 11.3 Å². The maximum atomic E-state index is 13.0. The highest BCUT2D eigenvalue weighted by molar-refractivity contribution is 5.97. The number of hydrogen-bond acceptors (Lipinski definition) is 4. The number of nitrogens with zero attached hydrogens (tertiary/aromatic N) is 1. The van der Waals surface area contributed by atoms with E-state index in [1.54, 1.807) is 36.4 Å². The summed E-state index contributed by atoms with van der Waals surface area (Å²) in [6.07, 6.45) is -2.68. The van der Waals surface area contributed by atoms with E-state index in [9.17, 15) is 18.0 Å². The van der Waals surface area contributed by atoms with E-state index in [-0.39, 0.29) is 25.5 Å². The fourth-order valence-corrected chi connectivity index (χ4v) is 3.47. The summed E-state index contributed by atoms with van der Waals surface area (Å²) >= 11 is 0. The van der Waals surface area contributed by atoms with E-state index >= 15 is 0 Å². The average molecular weight is 440 g/mol. The van der Waals surface area contributed by atoms with E-state index in [0.717, 1.165) is 23.1 Å². The zero-order valence-electron chi connectivity index (χ0n) is 16.8. The van der Waals surface area contributed by atoms with Crippen molar-refractivity contribution in [3.05, 3.63) is 89.3 Å². The quantitative estimate of drug-likeness (QED) is 0.451. The molecule has 4 rings (SSSR count). The van der Waals surface area contributed by atoms with Gasteiger partial charge >= 0.3 is 6.18 Å². The van der Waals surface area contributed by atoms with Crippen LogP contribution in [0.25, 0.3) is 22.2 Å². The van der Waals surface area contributed by atoms with Crippen molar-refractivity contribution in [1.82, 2.24) is 10.3 Å². The predicted molar refractivity (Wildman–Crippen MR) is 113 cm³/mol. The monoisotopic (exact) mass is 440 g/mol. The largest absolute Gasteiger partial charge is 0.461 e. The Hall–Kier alpha value is -3.65. The summed E-state index contributed by atoms with van der Waals surface area (Å²) in [6.45, 7) is -0.0145. The molecule has 8 heteroatoms. The lowest BCUT2D eigenvalue weighted by atomic mass is 10.0. The van der Waals surface area contributed by atoms with Crippen LogP contribution in [0.3, 0.4) is 0 Å². The highest BCUT2D eigenvalue weighted by Gasteiger charge is 2.30. The van der Waals surface area contributed by atoms with E-state index in [1.165, 1.54) is 12.3 Å². The minimum atomic E-state index is -4.41. The third-order valence-electron chi connectivity index (χ3n) is 4.94. The molecule has 0 aliphatic carbocycles. The van der Waals surface area contributed by atoms with Gasteiger partial charge in [0.25, 0.3) is 5.91 Å². The molecule has 0 bridgehead atoms. The summed E-state index contributed by atoms with van der Waals surface area (Å²) in [7, 11) is 0. The Kier molecular flexibility index (Phi) is 5.96. The van der Waals surface area contributed by atoms with Crippen LogP contribution in [0.15, 0.2) is 71.3 Å². The van der Waals surface area contributed by atoms with Gasteiger partial charge in [0.05, 0.1) is 17.9 Å². The topological polar surface area (TPSA) is 75.4 Å². The van der Waals surface area contributed by atoms with Crippen molar-refractivity contribution in [2.75, 3.05) is 13.2 Å². The molecule has 0 unspecified atom stereocenters. The molecule has 0 atom stereocenters. The number of fused-ring (bicyclic) bond motifs is 1. The fraction of sp³-hybridized carbons (Fsp3) is 0.167. The maximum absolute atomic E-state index is 13.0. The molecule has 5 nitrogen and oxygen atoms in total. The number of benzene rings is 2. The maximum Gasteiger partial charge on any atom is 0.416 e. The van der Waals surface area contributed by atoms with Gasteiger partial charge in [0.15, 0.2) is 0 Å². The molecule has 2 N–H and O–H groups in total. The van der Waals surface area contributed by atoms with Crippen molar-refractivity contribution in [1.29, 1.82) is 0 Å². The number of rotatable bonds is 6. The summed E-state index contributed by atoms with van der Waals surface area (Å²) in [5.41, 5.74) is 2.04. The van der Waals surface area contributed by atoms with E-state index in [1.807, 2.05) is 6.07 Å². The molecule has 2 aromatic carbocycles. The molecule has 0 saturated carbocycles. The van der Waals surface area contributed by atoms with Crippen molar-refractivity contribution < 1.29 is 27.5 Å². The first-order valence-electron chi connectivity index (χ1n) is 9.88. The second-order valence-corrected chi connectivity index (χ2v) is 7.21. The SMILES string of the molecule is O=C(NCCO)c1ccnc(-c2cccc3oc(Cc4cccc(C(F)(F)F)c4)cc23)c1. The summed E-state index contributed by atoms with van der Waals surface area (Å²) < 4.78 is 44.9. The van der Waals surface area contributed by atoms with Crippen molar-refractivity contribution >= 4 is 16.9 Å².